The molecule has 0 spiro atoms. The molecule has 0 aliphatic heterocycles. The Labute approximate surface area is 99.4 Å². The molecule has 0 amide bonds. The lowest BCUT2D eigenvalue weighted by Crippen LogP contribution is -2.33. The summed E-state index contributed by atoms with van der Waals surface area (Å²) in [6, 6.07) is 4.69. The average Bonchev–Trinajstić information content (AvgIpc) is 2.29. The third-order valence-electron chi connectivity index (χ3n) is 2.01. The van der Waals surface area contributed by atoms with Gasteiger partial charge in [0.15, 0.2) is 6.61 Å². The van der Waals surface area contributed by atoms with Crippen LogP contribution < -0.4 is 0 Å². The summed E-state index contributed by atoms with van der Waals surface area (Å²) in [4.78, 5) is 11.1. The molecule has 1 aromatic carbocycles. The Bertz CT molecular complexity index is 402. The topological polar surface area (TPSA) is 26.3 Å². The highest BCUT2D eigenvalue weighted by Gasteiger charge is 2.42. The Morgan fingerprint density at radius 3 is 2.28 bits per heavy atom. The van der Waals surface area contributed by atoms with Gasteiger partial charge >= 0.3 is 18.3 Å². The fraction of sp³-hybridized carbons (Fsp3) is 0.364. The second-order valence-corrected chi connectivity index (χ2v) is 3.53. The number of carbonyl (C=O) groups is 1. The van der Waals surface area contributed by atoms with Crippen LogP contribution in [-0.4, -0.2) is 24.9 Å². The number of alkyl halides is 4. The van der Waals surface area contributed by atoms with Crippen LogP contribution in [0.1, 0.15) is 5.56 Å². The monoisotopic (exact) mass is 268 g/mol. The van der Waals surface area contributed by atoms with Gasteiger partial charge in [-0.15, -0.1) is 0 Å². The molecule has 2 nitrogen and oxygen atoms in total. The van der Waals surface area contributed by atoms with Gasteiger partial charge in [0.1, 0.15) is 5.82 Å². The summed E-state index contributed by atoms with van der Waals surface area (Å²) in [7, 11) is 0. The number of benzene rings is 1. The maximum atomic E-state index is 12.5. The van der Waals surface area contributed by atoms with Gasteiger partial charge in [0.25, 0.3) is 0 Å². The van der Waals surface area contributed by atoms with E-state index in [0.717, 1.165) is 12.1 Å². The van der Waals surface area contributed by atoms with Crippen LogP contribution in [-0.2, 0) is 16.0 Å². The van der Waals surface area contributed by atoms with Gasteiger partial charge in [0.05, 0.1) is 6.42 Å². The van der Waals surface area contributed by atoms with Crippen molar-refractivity contribution in [1.29, 1.82) is 0 Å². The zero-order chi connectivity index (χ0) is 13.8. The molecule has 0 atom stereocenters. The molecule has 0 radical (unpaired) electrons. The van der Waals surface area contributed by atoms with Crippen LogP contribution >= 0.6 is 0 Å². The summed E-state index contributed by atoms with van der Waals surface area (Å²) >= 11 is 0. The van der Waals surface area contributed by atoms with Gasteiger partial charge in [-0.05, 0) is 17.7 Å². The number of hydrogen-bond acceptors (Lipinski definition) is 2. The van der Waals surface area contributed by atoms with Gasteiger partial charge in [-0.2, -0.15) is 8.78 Å². The molecule has 0 N–H and O–H groups in total. The average molecular weight is 268 g/mol. The molecule has 7 heteroatoms. The van der Waals surface area contributed by atoms with E-state index in [1.54, 1.807) is 0 Å². The Morgan fingerprint density at radius 1 is 1.22 bits per heavy atom. The SMILES string of the molecule is O=C(Cc1ccc(F)cc1)OCC(F)(F)C(F)F. The van der Waals surface area contributed by atoms with E-state index < -0.39 is 30.7 Å². The fourth-order valence-electron chi connectivity index (χ4n) is 1.06. The first-order valence-corrected chi connectivity index (χ1v) is 4.87. The summed E-state index contributed by atoms with van der Waals surface area (Å²) in [5.41, 5.74) is 0.335. The molecule has 0 saturated heterocycles. The first-order chi connectivity index (χ1) is 8.31. The third kappa shape index (κ3) is 4.31. The molecule has 0 saturated carbocycles. The zero-order valence-electron chi connectivity index (χ0n) is 9.01. The highest BCUT2D eigenvalue weighted by atomic mass is 19.3. The minimum Gasteiger partial charge on any atom is -0.459 e. The quantitative estimate of drug-likeness (QED) is 0.606. The maximum absolute atomic E-state index is 12.5. The molecule has 0 bridgehead atoms. The number of hydrogen-bond donors (Lipinski definition) is 0. The molecular weight excluding hydrogens is 259 g/mol. The number of carbonyl (C=O) groups excluding carboxylic acids is 1. The summed E-state index contributed by atoms with van der Waals surface area (Å²) in [5, 5.41) is 0. The molecule has 0 aliphatic rings. The van der Waals surface area contributed by atoms with E-state index >= 15 is 0 Å². The highest BCUT2D eigenvalue weighted by Crippen LogP contribution is 2.23. The molecular formula is C11H9F5O2. The van der Waals surface area contributed by atoms with Crippen molar-refractivity contribution in [3.8, 4) is 0 Å². The minimum atomic E-state index is -4.36. The van der Waals surface area contributed by atoms with Crippen LogP contribution in [0, 0.1) is 5.82 Å². The lowest BCUT2D eigenvalue weighted by Gasteiger charge is -2.14. The molecule has 100 valence electrons. The molecule has 1 rings (SSSR count). The van der Waals surface area contributed by atoms with Crippen LogP contribution in [0.15, 0.2) is 24.3 Å². The zero-order valence-corrected chi connectivity index (χ0v) is 9.01. The van der Waals surface area contributed by atoms with Crippen LogP contribution in [0.25, 0.3) is 0 Å². The van der Waals surface area contributed by atoms with Crippen molar-refractivity contribution >= 4 is 5.97 Å². The molecule has 0 aromatic heterocycles. The van der Waals surface area contributed by atoms with Crippen molar-refractivity contribution in [2.45, 2.75) is 18.8 Å². The normalized spacial score (nSPS) is 11.7. The first kappa shape index (κ1) is 14.4. The molecule has 0 aliphatic carbocycles. The van der Waals surface area contributed by atoms with Crippen LogP contribution in [0.3, 0.4) is 0 Å². The molecule has 18 heavy (non-hydrogen) atoms. The van der Waals surface area contributed by atoms with Crippen LogP contribution in [0.4, 0.5) is 22.0 Å². The van der Waals surface area contributed by atoms with Crippen molar-refractivity contribution in [3.05, 3.63) is 35.6 Å². The van der Waals surface area contributed by atoms with E-state index in [1.807, 2.05) is 0 Å². The Kier molecular flexibility index (Phi) is 4.63. The summed E-state index contributed by atoms with van der Waals surface area (Å²) in [5.74, 6) is -5.96. The summed E-state index contributed by atoms with van der Waals surface area (Å²) < 4.78 is 64.9. The summed E-state index contributed by atoms with van der Waals surface area (Å²) in [6.07, 6.45) is -4.28. The number of ether oxygens (including phenoxy) is 1. The Balaban J connectivity index is 2.45. The van der Waals surface area contributed by atoms with Gasteiger partial charge in [0.2, 0.25) is 0 Å². The largest absolute Gasteiger partial charge is 0.459 e. The van der Waals surface area contributed by atoms with E-state index in [-0.39, 0.29) is 6.42 Å². The van der Waals surface area contributed by atoms with Gasteiger partial charge in [-0.25, -0.2) is 13.2 Å². The number of esters is 1. The van der Waals surface area contributed by atoms with E-state index in [2.05, 4.69) is 4.74 Å². The molecule has 0 unspecified atom stereocenters. The van der Waals surface area contributed by atoms with E-state index in [0.29, 0.717) is 5.56 Å². The van der Waals surface area contributed by atoms with Crippen molar-refractivity contribution in [1.82, 2.24) is 0 Å². The Hall–Kier alpha value is -1.66. The molecule has 0 heterocycles. The predicted octanol–water partition coefficient (Wildman–Crippen LogP) is 2.81. The van der Waals surface area contributed by atoms with Gasteiger partial charge < -0.3 is 4.74 Å². The lowest BCUT2D eigenvalue weighted by molar-refractivity contribution is -0.179. The molecule has 1 aromatic rings. The highest BCUT2D eigenvalue weighted by molar-refractivity contribution is 5.72. The third-order valence-corrected chi connectivity index (χ3v) is 2.01. The second kappa shape index (κ2) is 5.79. The van der Waals surface area contributed by atoms with E-state index in [9.17, 15) is 26.7 Å². The van der Waals surface area contributed by atoms with Crippen molar-refractivity contribution in [3.63, 3.8) is 0 Å². The fourth-order valence-corrected chi connectivity index (χ4v) is 1.06. The van der Waals surface area contributed by atoms with Crippen LogP contribution in [0.5, 0.6) is 0 Å². The number of halogens is 5. The second-order valence-electron chi connectivity index (χ2n) is 3.53. The first-order valence-electron chi connectivity index (χ1n) is 4.87. The minimum absolute atomic E-state index is 0.335. The maximum Gasteiger partial charge on any atom is 0.340 e. The van der Waals surface area contributed by atoms with E-state index in [1.165, 1.54) is 12.1 Å². The lowest BCUT2D eigenvalue weighted by atomic mass is 10.1. The van der Waals surface area contributed by atoms with Gasteiger partial charge in [-0.1, -0.05) is 12.1 Å². The predicted molar refractivity (Wildman–Crippen MR) is 52.0 cm³/mol. The summed E-state index contributed by atoms with van der Waals surface area (Å²) in [6.45, 7) is -1.68. The van der Waals surface area contributed by atoms with E-state index in [4.69, 9.17) is 0 Å². The van der Waals surface area contributed by atoms with Crippen molar-refractivity contribution in [2.75, 3.05) is 6.61 Å². The number of rotatable bonds is 5. The molecule has 0 fully saturated rings. The van der Waals surface area contributed by atoms with Crippen LogP contribution in [0.2, 0.25) is 0 Å². The van der Waals surface area contributed by atoms with Gasteiger partial charge in [0, 0.05) is 0 Å². The smallest absolute Gasteiger partial charge is 0.340 e. The van der Waals surface area contributed by atoms with Crippen molar-refractivity contribution in [2.24, 2.45) is 0 Å². The Morgan fingerprint density at radius 2 is 1.78 bits per heavy atom. The van der Waals surface area contributed by atoms with Gasteiger partial charge in [-0.3, -0.25) is 4.79 Å². The standard InChI is InChI=1S/C11H9F5O2/c12-8-3-1-7(2-4-8)5-9(17)18-6-11(15,16)10(13)14/h1-4,10H,5-6H2. The van der Waals surface area contributed by atoms with Crippen molar-refractivity contribution < 1.29 is 31.5 Å².